The number of esters is 1. The van der Waals surface area contributed by atoms with E-state index in [-0.39, 0.29) is 45.4 Å². The molecule has 1 amide bonds. The number of hydrogen-bond donors (Lipinski definition) is 3. The van der Waals surface area contributed by atoms with E-state index in [0.29, 0.717) is 49.7 Å². The molecule has 244 valence electrons. The Bertz CT molecular complexity index is 1610. The number of carbonyl (C=O) groups is 2. The Balaban J connectivity index is 1.39. The van der Waals surface area contributed by atoms with E-state index < -0.39 is 18.2 Å². The second kappa shape index (κ2) is 13.6. The van der Waals surface area contributed by atoms with Crippen LogP contribution in [0.5, 0.6) is 5.88 Å². The van der Waals surface area contributed by atoms with Crippen molar-refractivity contribution in [1.29, 1.82) is 0 Å². The number of ether oxygens (including phenoxy) is 2. The van der Waals surface area contributed by atoms with Crippen molar-refractivity contribution in [2.45, 2.75) is 44.5 Å². The van der Waals surface area contributed by atoms with E-state index in [1.54, 1.807) is 25.1 Å². The Morgan fingerprint density at radius 2 is 1.98 bits per heavy atom. The molecule has 0 radical (unpaired) electrons. The third-order valence-corrected chi connectivity index (χ3v) is 8.48. The number of amides is 1. The summed E-state index contributed by atoms with van der Waals surface area (Å²) in [5.74, 6) is -0.971. The highest BCUT2D eigenvalue weighted by molar-refractivity contribution is 6.30. The Kier molecular flexibility index (Phi) is 9.73. The first-order chi connectivity index (χ1) is 21.9. The molecule has 2 fully saturated rings. The Hall–Kier alpha value is -4.36. The van der Waals surface area contributed by atoms with Crippen LogP contribution >= 0.6 is 11.6 Å². The molecule has 46 heavy (non-hydrogen) atoms. The molecule has 2 aliphatic rings. The highest BCUT2D eigenvalue weighted by Gasteiger charge is 2.46. The van der Waals surface area contributed by atoms with Crippen LogP contribution in [0, 0.1) is 5.41 Å². The number of benzene rings is 2. The second-order valence-corrected chi connectivity index (χ2v) is 11.8. The molecule has 2 aliphatic heterocycles. The zero-order valence-electron chi connectivity index (χ0n) is 25.1. The molecule has 3 heterocycles. The minimum atomic E-state index is -4.86. The zero-order chi connectivity index (χ0) is 33.1. The summed E-state index contributed by atoms with van der Waals surface area (Å²) in [4.78, 5) is 34.2. The van der Waals surface area contributed by atoms with Gasteiger partial charge in [0.05, 0.1) is 6.61 Å². The zero-order valence-corrected chi connectivity index (χ0v) is 25.8. The maximum absolute atomic E-state index is 14.7. The fourth-order valence-corrected chi connectivity index (χ4v) is 6.13. The second-order valence-electron chi connectivity index (χ2n) is 11.3. The molecule has 0 aliphatic carbocycles. The summed E-state index contributed by atoms with van der Waals surface area (Å²) in [6.07, 6.45) is -4.09. The van der Waals surface area contributed by atoms with Gasteiger partial charge in [0, 0.05) is 42.0 Å². The quantitative estimate of drug-likeness (QED) is 0.196. The van der Waals surface area contributed by atoms with Crippen LogP contribution < -0.4 is 26.0 Å². The number of rotatable bonds is 9. The van der Waals surface area contributed by atoms with Gasteiger partial charge in [-0.3, -0.25) is 9.59 Å². The molecule has 1 spiro atoms. The minimum Gasteiger partial charge on any atom is -0.465 e. The molecule has 1 aromatic heterocycles. The van der Waals surface area contributed by atoms with E-state index in [1.165, 1.54) is 30.3 Å². The number of nitrogens with one attached hydrogen (secondary N) is 2. The fraction of sp³-hybridized carbons (Fsp3) is 0.375. The molecule has 3 aromatic rings. The van der Waals surface area contributed by atoms with Crippen molar-refractivity contribution in [2.75, 3.05) is 42.2 Å². The lowest BCUT2D eigenvalue weighted by atomic mass is 9.76. The predicted octanol–water partition coefficient (Wildman–Crippen LogP) is 5.70. The van der Waals surface area contributed by atoms with E-state index in [2.05, 4.69) is 27.2 Å². The average molecular weight is 659 g/mol. The molecule has 10 nitrogen and oxygen atoms in total. The summed E-state index contributed by atoms with van der Waals surface area (Å²) in [5, 5.41) is 6.08. The number of nitrogens with two attached hydrogens (primary N) is 1. The number of piperidine rings is 1. The van der Waals surface area contributed by atoms with Gasteiger partial charge in [0.1, 0.15) is 11.9 Å². The lowest BCUT2D eigenvalue weighted by molar-refractivity contribution is -0.198. The van der Waals surface area contributed by atoms with Gasteiger partial charge >= 0.3 is 12.1 Å². The van der Waals surface area contributed by atoms with Gasteiger partial charge in [-0.1, -0.05) is 36.4 Å². The number of nitrogens with zero attached hydrogens (tertiary/aromatic N) is 3. The van der Waals surface area contributed by atoms with Crippen LogP contribution in [0.15, 0.2) is 61.2 Å². The van der Waals surface area contributed by atoms with Crippen LogP contribution in [0.3, 0.4) is 0 Å². The van der Waals surface area contributed by atoms with Crippen molar-refractivity contribution in [3.05, 3.63) is 71.8 Å². The summed E-state index contributed by atoms with van der Waals surface area (Å²) < 4.78 is 54.8. The van der Waals surface area contributed by atoms with Gasteiger partial charge in [-0.25, -0.2) is 0 Å². The van der Waals surface area contributed by atoms with Gasteiger partial charge in [-0.05, 0) is 73.1 Å². The standard InChI is InChI=1S/C32H34ClF3N6O4/c1-3-26(43)39-21-7-5-6-19(14-21)23-15-20(33)8-9-22(23)28(32(34,35)36)46-27-16-25(40-30(37)41-27)42-12-10-31(11-13-42)17-24(38-18-31)29(44)45-4-2/h3,5-9,14-16,24,28,38H,1,4,10-13,17-18H2,2H3,(H,39,43)(H2,37,40,41)/t24?,28-/m1/s1. The maximum Gasteiger partial charge on any atom is 0.429 e. The predicted molar refractivity (Wildman–Crippen MR) is 169 cm³/mol. The monoisotopic (exact) mass is 658 g/mol. The van der Waals surface area contributed by atoms with E-state index in [9.17, 15) is 22.8 Å². The van der Waals surface area contributed by atoms with Crippen LogP contribution in [0.4, 0.5) is 30.6 Å². The van der Waals surface area contributed by atoms with Crippen LogP contribution in [-0.2, 0) is 14.3 Å². The fourth-order valence-electron chi connectivity index (χ4n) is 5.96. The third kappa shape index (κ3) is 7.53. The number of hydrogen-bond acceptors (Lipinski definition) is 9. The Morgan fingerprint density at radius 1 is 1.22 bits per heavy atom. The van der Waals surface area contributed by atoms with Crippen LogP contribution in [0.25, 0.3) is 11.1 Å². The van der Waals surface area contributed by atoms with Gasteiger partial charge in [0.2, 0.25) is 23.8 Å². The first-order valence-corrected chi connectivity index (χ1v) is 15.1. The lowest BCUT2D eigenvalue weighted by Crippen LogP contribution is -2.41. The highest BCUT2D eigenvalue weighted by Crippen LogP contribution is 2.44. The number of alkyl halides is 3. The van der Waals surface area contributed by atoms with Gasteiger partial charge in [-0.2, -0.15) is 23.1 Å². The van der Waals surface area contributed by atoms with E-state index >= 15 is 0 Å². The van der Waals surface area contributed by atoms with Crippen molar-refractivity contribution < 1.29 is 32.2 Å². The van der Waals surface area contributed by atoms with Gasteiger partial charge in [-0.15, -0.1) is 0 Å². The number of aromatic nitrogens is 2. The third-order valence-electron chi connectivity index (χ3n) is 8.25. The van der Waals surface area contributed by atoms with Crippen molar-refractivity contribution in [1.82, 2.24) is 15.3 Å². The normalized spacial score (nSPS) is 18.2. The van der Waals surface area contributed by atoms with Gasteiger partial charge in [0.15, 0.2) is 0 Å². The molecule has 1 unspecified atom stereocenters. The minimum absolute atomic E-state index is 0.0933. The molecule has 2 aromatic carbocycles. The average Bonchev–Trinajstić information content (AvgIpc) is 3.43. The molecule has 2 saturated heterocycles. The van der Waals surface area contributed by atoms with Crippen molar-refractivity contribution in [2.24, 2.45) is 5.41 Å². The van der Waals surface area contributed by atoms with Crippen molar-refractivity contribution in [3.8, 4) is 17.0 Å². The lowest BCUT2D eigenvalue weighted by Gasteiger charge is -2.39. The van der Waals surface area contributed by atoms with E-state index in [4.69, 9.17) is 26.8 Å². The van der Waals surface area contributed by atoms with E-state index in [1.807, 2.05) is 4.90 Å². The van der Waals surface area contributed by atoms with Crippen molar-refractivity contribution in [3.63, 3.8) is 0 Å². The van der Waals surface area contributed by atoms with Gasteiger partial charge < -0.3 is 30.7 Å². The topological polar surface area (TPSA) is 132 Å². The molecular weight excluding hydrogens is 625 g/mol. The maximum atomic E-state index is 14.7. The molecule has 14 heteroatoms. The number of halogens is 4. The first-order valence-electron chi connectivity index (χ1n) is 14.8. The summed E-state index contributed by atoms with van der Waals surface area (Å²) in [6, 6.07) is 11.3. The molecular formula is C32H34ClF3N6O4. The van der Waals surface area contributed by atoms with Crippen molar-refractivity contribution >= 4 is 40.9 Å². The van der Waals surface area contributed by atoms with Crippen LogP contribution in [0.2, 0.25) is 5.02 Å². The number of anilines is 3. The summed E-state index contributed by atoms with van der Waals surface area (Å²) >= 11 is 6.23. The smallest absolute Gasteiger partial charge is 0.429 e. The number of carbonyl (C=O) groups excluding carboxylic acids is 2. The Labute approximate surface area is 269 Å². The molecule has 4 N–H and O–H groups in total. The number of nitrogen functional groups attached to an aromatic ring is 1. The SMILES string of the molecule is C=CC(=O)Nc1cccc(-c2cc(Cl)ccc2[C@@H](Oc2cc(N3CCC4(CC3)CNC(C(=O)OCC)C4)nc(N)n2)C(F)(F)F)c1. The molecule has 0 bridgehead atoms. The van der Waals surface area contributed by atoms with Crippen LogP contribution in [-0.4, -0.2) is 60.3 Å². The van der Waals surface area contributed by atoms with Gasteiger partial charge in [0.25, 0.3) is 0 Å². The first kappa shape index (κ1) is 33.0. The van der Waals surface area contributed by atoms with Crippen LogP contribution in [0.1, 0.15) is 37.9 Å². The summed E-state index contributed by atoms with van der Waals surface area (Å²) in [5.41, 5.74) is 6.54. The summed E-state index contributed by atoms with van der Waals surface area (Å²) in [7, 11) is 0. The molecule has 2 atom stereocenters. The molecule has 5 rings (SSSR count). The molecule has 0 saturated carbocycles. The Morgan fingerprint density at radius 3 is 2.67 bits per heavy atom. The largest absolute Gasteiger partial charge is 0.465 e. The van der Waals surface area contributed by atoms with E-state index in [0.717, 1.165) is 18.9 Å². The highest BCUT2D eigenvalue weighted by atomic mass is 35.5. The summed E-state index contributed by atoms with van der Waals surface area (Å²) in [6.45, 7) is 7.27.